The highest BCUT2D eigenvalue weighted by Gasteiger charge is 2.20. The van der Waals surface area contributed by atoms with Gasteiger partial charge in [0, 0.05) is 26.2 Å². The van der Waals surface area contributed by atoms with Crippen LogP contribution in [0, 0.1) is 0 Å². The topological polar surface area (TPSA) is 41.5 Å². The molecule has 5 nitrogen and oxygen atoms in total. The minimum absolute atomic E-state index is 0.705. The number of rotatable bonds is 4. The Hall–Kier alpha value is -0.880. The Morgan fingerprint density at radius 1 is 1.25 bits per heavy atom. The number of piperazine rings is 1. The Kier molecular flexibility index (Phi) is 3.95. The van der Waals surface area contributed by atoms with Gasteiger partial charge in [0.1, 0.15) is 0 Å². The van der Waals surface area contributed by atoms with Gasteiger partial charge < -0.3 is 14.5 Å². The molecule has 0 amide bonds. The zero-order valence-corrected chi connectivity index (χ0v) is 10.7. The van der Waals surface area contributed by atoms with E-state index in [1.807, 2.05) is 0 Å². The van der Waals surface area contributed by atoms with Gasteiger partial charge in [0.15, 0.2) is 0 Å². The molecule has 0 radical (unpaired) electrons. The predicted molar refractivity (Wildman–Crippen MR) is 65.4 cm³/mol. The van der Waals surface area contributed by atoms with Gasteiger partial charge in [-0.2, -0.15) is 4.37 Å². The van der Waals surface area contributed by atoms with Gasteiger partial charge in [-0.05, 0) is 13.5 Å². The lowest BCUT2D eigenvalue weighted by Gasteiger charge is -2.32. The molecule has 90 valence electrons. The summed E-state index contributed by atoms with van der Waals surface area (Å²) in [6.07, 6.45) is 1.000. The van der Waals surface area contributed by atoms with Crippen LogP contribution in [0.25, 0.3) is 0 Å². The number of likely N-dealkylation sites (N-methyl/N-ethyl adjacent to an activating group) is 1. The lowest BCUT2D eigenvalue weighted by Crippen LogP contribution is -2.44. The van der Waals surface area contributed by atoms with Crippen molar-refractivity contribution in [2.75, 3.05) is 44.7 Å². The number of hydrogen-bond donors (Lipinski definition) is 0. The summed E-state index contributed by atoms with van der Waals surface area (Å²) in [5, 5.41) is 0. The first-order valence-corrected chi connectivity index (χ1v) is 6.43. The zero-order chi connectivity index (χ0) is 11.4. The number of nitrogens with zero attached hydrogens (tertiary/aromatic N) is 4. The highest BCUT2D eigenvalue weighted by Crippen LogP contribution is 2.26. The zero-order valence-electron chi connectivity index (χ0n) is 9.85. The van der Waals surface area contributed by atoms with Crippen LogP contribution in [-0.2, 0) is 0 Å². The predicted octanol–water partition coefficient (Wildman–Crippen LogP) is 1.08. The second-order valence-electron chi connectivity index (χ2n) is 4.03. The molecule has 1 fully saturated rings. The van der Waals surface area contributed by atoms with Crippen LogP contribution in [-0.4, -0.2) is 53.5 Å². The maximum atomic E-state index is 5.59. The normalized spacial score (nSPS) is 17.8. The minimum atomic E-state index is 0.705. The summed E-state index contributed by atoms with van der Waals surface area (Å²) in [5.41, 5.74) is 0. The average molecular weight is 242 g/mol. The summed E-state index contributed by atoms with van der Waals surface area (Å²) in [6, 6.07) is 0. The van der Waals surface area contributed by atoms with E-state index in [1.165, 1.54) is 11.7 Å². The van der Waals surface area contributed by atoms with Crippen LogP contribution in [0.5, 0.6) is 5.88 Å². The first-order valence-electron chi connectivity index (χ1n) is 5.70. The third kappa shape index (κ3) is 2.62. The van der Waals surface area contributed by atoms with E-state index >= 15 is 0 Å². The van der Waals surface area contributed by atoms with E-state index in [0.29, 0.717) is 12.5 Å². The van der Waals surface area contributed by atoms with Gasteiger partial charge in [0.2, 0.25) is 5.82 Å². The summed E-state index contributed by atoms with van der Waals surface area (Å²) in [5.74, 6) is 1.63. The van der Waals surface area contributed by atoms with Crippen LogP contribution in [0.2, 0.25) is 0 Å². The molecular formula is C10H18N4OS. The van der Waals surface area contributed by atoms with E-state index in [0.717, 1.165) is 38.4 Å². The molecule has 0 aliphatic carbocycles. The molecule has 2 rings (SSSR count). The van der Waals surface area contributed by atoms with Crippen molar-refractivity contribution in [2.45, 2.75) is 13.3 Å². The molecule has 0 N–H and O–H groups in total. The molecule has 1 aromatic rings. The number of hydrogen-bond acceptors (Lipinski definition) is 6. The van der Waals surface area contributed by atoms with Crippen molar-refractivity contribution in [3.8, 4) is 5.88 Å². The van der Waals surface area contributed by atoms with Crippen molar-refractivity contribution in [3.63, 3.8) is 0 Å². The maximum absolute atomic E-state index is 5.59. The molecule has 6 heteroatoms. The lowest BCUT2D eigenvalue weighted by atomic mass is 10.3. The molecule has 1 aliphatic heterocycles. The molecule has 1 saturated heterocycles. The van der Waals surface area contributed by atoms with E-state index in [4.69, 9.17) is 4.74 Å². The summed E-state index contributed by atoms with van der Waals surface area (Å²) in [4.78, 5) is 4.58. The average Bonchev–Trinajstić information content (AvgIpc) is 2.75. The van der Waals surface area contributed by atoms with Gasteiger partial charge in [-0.3, -0.25) is 0 Å². The second-order valence-corrected chi connectivity index (χ2v) is 4.56. The molecule has 0 aromatic carbocycles. The van der Waals surface area contributed by atoms with Crippen molar-refractivity contribution in [1.82, 2.24) is 13.6 Å². The fourth-order valence-corrected chi connectivity index (χ4v) is 2.20. The van der Waals surface area contributed by atoms with E-state index in [9.17, 15) is 0 Å². The third-order valence-corrected chi connectivity index (χ3v) is 3.19. The van der Waals surface area contributed by atoms with Crippen molar-refractivity contribution >= 4 is 17.5 Å². The largest absolute Gasteiger partial charge is 0.474 e. The number of anilines is 1. The van der Waals surface area contributed by atoms with Crippen LogP contribution in [0.1, 0.15) is 13.3 Å². The summed E-state index contributed by atoms with van der Waals surface area (Å²) in [7, 11) is 2.14. The highest BCUT2D eigenvalue weighted by atomic mass is 32.1. The van der Waals surface area contributed by atoms with Crippen LogP contribution in [0.4, 0.5) is 5.82 Å². The quantitative estimate of drug-likeness (QED) is 0.790. The number of aromatic nitrogens is 2. The van der Waals surface area contributed by atoms with E-state index in [-0.39, 0.29) is 0 Å². The van der Waals surface area contributed by atoms with Crippen LogP contribution < -0.4 is 9.64 Å². The van der Waals surface area contributed by atoms with Crippen molar-refractivity contribution in [1.29, 1.82) is 0 Å². The van der Waals surface area contributed by atoms with Gasteiger partial charge in [-0.15, -0.1) is 4.37 Å². The van der Waals surface area contributed by atoms with Gasteiger partial charge >= 0.3 is 0 Å². The van der Waals surface area contributed by atoms with Crippen molar-refractivity contribution < 1.29 is 4.74 Å². The molecule has 0 bridgehead atoms. The summed E-state index contributed by atoms with van der Waals surface area (Å²) in [6.45, 7) is 6.96. The molecule has 0 atom stereocenters. The Morgan fingerprint density at radius 3 is 2.69 bits per heavy atom. The Labute approximate surface area is 100 Å². The van der Waals surface area contributed by atoms with Crippen LogP contribution in [0.15, 0.2) is 0 Å². The number of ether oxygens (including phenoxy) is 1. The van der Waals surface area contributed by atoms with E-state index in [2.05, 4.69) is 32.5 Å². The van der Waals surface area contributed by atoms with E-state index in [1.54, 1.807) is 0 Å². The first-order chi connectivity index (χ1) is 7.81. The molecule has 0 saturated carbocycles. The minimum Gasteiger partial charge on any atom is -0.474 e. The fourth-order valence-electron chi connectivity index (χ4n) is 1.68. The van der Waals surface area contributed by atoms with Crippen molar-refractivity contribution in [2.24, 2.45) is 0 Å². The van der Waals surface area contributed by atoms with E-state index < -0.39 is 0 Å². The highest BCUT2D eigenvalue weighted by molar-refractivity contribution is 6.99. The molecule has 16 heavy (non-hydrogen) atoms. The van der Waals surface area contributed by atoms with Gasteiger partial charge in [0.25, 0.3) is 5.88 Å². The summed E-state index contributed by atoms with van der Waals surface area (Å²) < 4.78 is 14.1. The molecule has 0 unspecified atom stereocenters. The Morgan fingerprint density at radius 2 is 2.00 bits per heavy atom. The lowest BCUT2D eigenvalue weighted by molar-refractivity contribution is 0.296. The van der Waals surface area contributed by atoms with Crippen LogP contribution >= 0.6 is 11.7 Å². The molecule has 0 spiro atoms. The maximum Gasteiger partial charge on any atom is 0.270 e. The van der Waals surface area contributed by atoms with Gasteiger partial charge in [0.05, 0.1) is 18.3 Å². The Balaban J connectivity index is 1.99. The van der Waals surface area contributed by atoms with Gasteiger partial charge in [-0.25, -0.2) is 0 Å². The third-order valence-electron chi connectivity index (χ3n) is 2.69. The Bertz CT molecular complexity index is 322. The SMILES string of the molecule is CCCOc1nsnc1N1CCN(C)CC1. The molecule has 1 aliphatic rings. The van der Waals surface area contributed by atoms with Gasteiger partial charge in [-0.1, -0.05) is 6.92 Å². The summed E-state index contributed by atoms with van der Waals surface area (Å²) >= 11 is 1.23. The monoisotopic (exact) mass is 242 g/mol. The second kappa shape index (κ2) is 5.45. The van der Waals surface area contributed by atoms with Crippen LogP contribution in [0.3, 0.4) is 0 Å². The molecular weight excluding hydrogens is 224 g/mol. The van der Waals surface area contributed by atoms with Crippen molar-refractivity contribution in [3.05, 3.63) is 0 Å². The molecule has 1 aromatic heterocycles. The first kappa shape index (κ1) is 11.6. The fraction of sp³-hybridized carbons (Fsp3) is 0.800. The standard InChI is InChI=1S/C10H18N4OS/c1-3-8-15-10-9(11-16-12-10)14-6-4-13(2)5-7-14/h3-8H2,1-2H3. The molecule has 2 heterocycles. The smallest absolute Gasteiger partial charge is 0.270 e.